The second-order valence-corrected chi connectivity index (χ2v) is 22.8. The summed E-state index contributed by atoms with van der Waals surface area (Å²) in [6, 6.07) is 118. The summed E-state index contributed by atoms with van der Waals surface area (Å²) in [6.45, 7) is 0. The van der Waals surface area contributed by atoms with E-state index in [1.165, 1.54) is 0 Å². The largest absolute Gasteiger partial charge is 0.497 e. The van der Waals surface area contributed by atoms with Gasteiger partial charge >= 0.3 is 0 Å². The van der Waals surface area contributed by atoms with E-state index in [4.69, 9.17) is 18.9 Å². The molecule has 0 aliphatic heterocycles. The van der Waals surface area contributed by atoms with E-state index >= 15 is 0 Å². The van der Waals surface area contributed by atoms with Gasteiger partial charge in [-0.1, -0.05) is 279 Å². The summed E-state index contributed by atoms with van der Waals surface area (Å²) in [5.41, 5.74) is 28.8. The Hall–Kier alpha value is -11.7. The van der Waals surface area contributed by atoms with Crippen LogP contribution in [0, 0.1) is 0 Å². The van der Waals surface area contributed by atoms with E-state index in [2.05, 4.69) is 328 Å². The zero-order valence-corrected chi connectivity index (χ0v) is 51.8. The van der Waals surface area contributed by atoms with E-state index in [0.717, 1.165) is 168 Å². The standard InChI is InChI=1S/C88H66O4/c1-89-73-51-43-69(44-52-73)85-79(63-27-15-7-16-28-63)77(61-23-11-5-12-24-61)83(81(65-31-19-9-20-32-65)87(85)71-47-55-75(91-3)56-48-71)67-39-35-59(36-40-67)60-37-41-68(42-38-60)84-78(62-25-13-6-14-26-62)80(64-29-17-8-18-30-64)86(70-45-53-74(90-2)54-46-70)88(72-49-57-76(92-4)58-50-72)82(84)66-33-21-10-22-34-66/h5-58H,1-4H3. The van der Waals surface area contributed by atoms with Crippen molar-refractivity contribution in [3.05, 3.63) is 328 Å². The molecule has 0 amide bonds. The van der Waals surface area contributed by atoms with Crippen LogP contribution >= 0.6 is 0 Å². The van der Waals surface area contributed by atoms with Gasteiger partial charge in [0.25, 0.3) is 0 Å². The second kappa shape index (κ2) is 26.2. The molecule has 14 aromatic rings. The molecule has 92 heavy (non-hydrogen) atoms. The Morgan fingerprint density at radius 2 is 0.228 bits per heavy atom. The van der Waals surface area contributed by atoms with E-state index in [1.54, 1.807) is 28.4 Å². The van der Waals surface area contributed by atoms with Gasteiger partial charge in [0, 0.05) is 0 Å². The summed E-state index contributed by atoms with van der Waals surface area (Å²) in [7, 11) is 6.88. The van der Waals surface area contributed by atoms with Crippen LogP contribution in [0.15, 0.2) is 328 Å². The molecule has 0 unspecified atom stereocenters. The Morgan fingerprint density at radius 3 is 0.359 bits per heavy atom. The van der Waals surface area contributed by atoms with Crippen LogP contribution in [0.3, 0.4) is 0 Å². The number of ether oxygens (including phenoxy) is 4. The highest BCUT2D eigenvalue weighted by Gasteiger charge is 2.32. The number of rotatable bonds is 17. The van der Waals surface area contributed by atoms with Crippen LogP contribution in [-0.4, -0.2) is 28.4 Å². The average Bonchev–Trinajstić information content (AvgIpc) is 0.726. The third kappa shape index (κ3) is 11.2. The Kier molecular flexibility index (Phi) is 16.5. The first-order chi connectivity index (χ1) is 45.5. The highest BCUT2D eigenvalue weighted by molar-refractivity contribution is 6.17. The topological polar surface area (TPSA) is 36.9 Å². The molecule has 4 heteroatoms. The van der Waals surface area contributed by atoms with Crippen molar-refractivity contribution in [2.45, 2.75) is 0 Å². The fraction of sp³-hybridized carbons (Fsp3) is 0.0455. The molecule has 0 aliphatic rings. The van der Waals surface area contributed by atoms with Gasteiger partial charge in [0.05, 0.1) is 28.4 Å². The predicted octanol–water partition coefficient (Wildman–Crippen LogP) is 23.4. The normalized spacial score (nSPS) is 11.0. The van der Waals surface area contributed by atoms with Gasteiger partial charge in [0.15, 0.2) is 0 Å². The van der Waals surface area contributed by atoms with Crippen molar-refractivity contribution in [3.8, 4) is 168 Å². The molecule has 0 spiro atoms. The van der Waals surface area contributed by atoms with Gasteiger partial charge in [-0.05, 0) is 193 Å². The summed E-state index contributed by atoms with van der Waals surface area (Å²) in [4.78, 5) is 0. The minimum absolute atomic E-state index is 0.792. The first-order valence-corrected chi connectivity index (χ1v) is 31.1. The van der Waals surface area contributed by atoms with E-state index in [-0.39, 0.29) is 0 Å². The van der Waals surface area contributed by atoms with E-state index < -0.39 is 0 Å². The highest BCUT2D eigenvalue weighted by atomic mass is 16.5. The van der Waals surface area contributed by atoms with Crippen LogP contribution in [0.25, 0.3) is 145 Å². The molecular weight excluding hydrogens is 1120 g/mol. The molecule has 0 bridgehead atoms. The van der Waals surface area contributed by atoms with Gasteiger partial charge in [-0.25, -0.2) is 0 Å². The average molecular weight is 1190 g/mol. The van der Waals surface area contributed by atoms with E-state index in [1.807, 2.05) is 0 Å². The van der Waals surface area contributed by atoms with Crippen molar-refractivity contribution in [1.82, 2.24) is 0 Å². The molecule has 0 saturated heterocycles. The van der Waals surface area contributed by atoms with Gasteiger partial charge < -0.3 is 18.9 Å². The third-order valence-corrected chi connectivity index (χ3v) is 17.6. The first kappa shape index (κ1) is 58.0. The molecule has 14 rings (SSSR count). The molecule has 0 N–H and O–H groups in total. The van der Waals surface area contributed by atoms with E-state index in [0.29, 0.717) is 0 Å². The molecule has 0 aromatic heterocycles. The van der Waals surface area contributed by atoms with Crippen molar-refractivity contribution in [1.29, 1.82) is 0 Å². The lowest BCUT2D eigenvalue weighted by atomic mass is 9.74. The van der Waals surface area contributed by atoms with Crippen LogP contribution in [0.5, 0.6) is 23.0 Å². The molecule has 14 aromatic carbocycles. The SMILES string of the molecule is COc1ccc(-c2c(-c3ccccc3)c(-c3ccccc3)c(-c3ccc(-c4ccc(-c5c(-c6ccccc6)c(-c6ccccc6)c(-c6ccc(OC)cc6)c(-c6ccc(OC)cc6)c5-c5ccccc5)cc4)cc3)c(-c3ccccc3)c2-c2ccc(OC)cc2)cc1. The Labute approximate surface area is 539 Å². The lowest BCUT2D eigenvalue weighted by Crippen LogP contribution is -2.02. The highest BCUT2D eigenvalue weighted by Crippen LogP contribution is 2.58. The number of hydrogen-bond donors (Lipinski definition) is 0. The van der Waals surface area contributed by atoms with Gasteiger partial charge in [-0.3, -0.25) is 0 Å². The molecular formula is C88H66O4. The molecule has 0 atom stereocenters. The number of methoxy groups -OCH3 is 4. The van der Waals surface area contributed by atoms with Crippen LogP contribution in [0.2, 0.25) is 0 Å². The Morgan fingerprint density at radius 1 is 0.120 bits per heavy atom. The van der Waals surface area contributed by atoms with Crippen molar-refractivity contribution in [2.75, 3.05) is 28.4 Å². The maximum Gasteiger partial charge on any atom is 0.118 e. The number of benzene rings is 14. The first-order valence-electron chi connectivity index (χ1n) is 31.1. The predicted molar refractivity (Wildman–Crippen MR) is 383 cm³/mol. The van der Waals surface area contributed by atoms with Crippen LogP contribution in [-0.2, 0) is 0 Å². The molecule has 0 aliphatic carbocycles. The van der Waals surface area contributed by atoms with Gasteiger partial charge in [-0.15, -0.1) is 0 Å². The maximum absolute atomic E-state index is 5.80. The Balaban J connectivity index is 1.02. The quantitative estimate of drug-likeness (QED) is 0.0910. The molecule has 4 nitrogen and oxygen atoms in total. The second-order valence-electron chi connectivity index (χ2n) is 22.8. The minimum atomic E-state index is 0.792. The third-order valence-electron chi connectivity index (χ3n) is 17.6. The van der Waals surface area contributed by atoms with Gasteiger partial charge in [0.2, 0.25) is 0 Å². The molecule has 0 heterocycles. The van der Waals surface area contributed by atoms with Crippen molar-refractivity contribution in [2.24, 2.45) is 0 Å². The monoisotopic (exact) mass is 1190 g/mol. The van der Waals surface area contributed by atoms with E-state index in [9.17, 15) is 0 Å². The maximum atomic E-state index is 5.80. The summed E-state index contributed by atoms with van der Waals surface area (Å²) in [6.07, 6.45) is 0. The van der Waals surface area contributed by atoms with Crippen molar-refractivity contribution >= 4 is 0 Å². The lowest BCUT2D eigenvalue weighted by molar-refractivity contribution is 0.414. The summed E-state index contributed by atoms with van der Waals surface area (Å²) >= 11 is 0. The summed E-state index contributed by atoms with van der Waals surface area (Å²) < 4.78 is 23.2. The molecule has 0 radical (unpaired) electrons. The van der Waals surface area contributed by atoms with Gasteiger partial charge in [0.1, 0.15) is 23.0 Å². The summed E-state index contributed by atoms with van der Waals surface area (Å²) in [5, 5.41) is 0. The molecule has 442 valence electrons. The van der Waals surface area contributed by atoms with Crippen molar-refractivity contribution < 1.29 is 18.9 Å². The molecule has 0 fully saturated rings. The zero-order valence-electron chi connectivity index (χ0n) is 51.8. The molecule has 0 saturated carbocycles. The summed E-state index contributed by atoms with van der Waals surface area (Å²) in [5.74, 6) is 3.17. The minimum Gasteiger partial charge on any atom is -0.497 e. The van der Waals surface area contributed by atoms with Crippen LogP contribution in [0.1, 0.15) is 0 Å². The van der Waals surface area contributed by atoms with Crippen LogP contribution in [0.4, 0.5) is 0 Å². The van der Waals surface area contributed by atoms with Crippen LogP contribution < -0.4 is 18.9 Å². The number of hydrogen-bond acceptors (Lipinski definition) is 4. The van der Waals surface area contributed by atoms with Gasteiger partial charge in [-0.2, -0.15) is 0 Å². The zero-order chi connectivity index (χ0) is 62.3. The smallest absolute Gasteiger partial charge is 0.118 e. The van der Waals surface area contributed by atoms with Crippen molar-refractivity contribution in [3.63, 3.8) is 0 Å². The Bertz CT molecular complexity index is 4510. The fourth-order valence-corrected chi connectivity index (χ4v) is 13.3. The fourth-order valence-electron chi connectivity index (χ4n) is 13.3. The lowest BCUT2D eigenvalue weighted by Gasteiger charge is -2.29.